The lowest BCUT2D eigenvalue weighted by molar-refractivity contribution is -0.109. The fraction of sp³-hybridized carbons (Fsp3) is 0.182. The third kappa shape index (κ3) is 1.07. The Morgan fingerprint density at radius 1 is 1.50 bits per heavy atom. The minimum absolute atomic E-state index is 0.480. The number of carbonyl (C=O) groups is 1. The van der Waals surface area contributed by atoms with E-state index in [1.54, 1.807) is 0 Å². The van der Waals surface area contributed by atoms with Crippen molar-refractivity contribution in [2.45, 2.75) is 12.3 Å². The lowest BCUT2D eigenvalue weighted by Crippen LogP contribution is -2.04. The Hall–Kier alpha value is -1.37. The van der Waals surface area contributed by atoms with Crippen LogP contribution < -0.4 is 0 Å². The van der Waals surface area contributed by atoms with E-state index in [0.717, 1.165) is 17.4 Å². The van der Waals surface area contributed by atoms with Gasteiger partial charge in [-0.15, -0.1) is 0 Å². The van der Waals surface area contributed by atoms with E-state index in [-0.39, 0.29) is 0 Å². The lowest BCUT2D eigenvalue weighted by Gasteiger charge is -2.15. The molecular formula is C11H10O. The maximum atomic E-state index is 10.8. The first-order chi connectivity index (χ1) is 6.26. The van der Waals surface area contributed by atoms with E-state index in [1.807, 2.05) is 36.4 Å². The van der Waals surface area contributed by atoms with E-state index < -0.39 is 5.89 Å². The molecule has 1 aliphatic carbocycles. The molecule has 1 unspecified atom stereocenters. The van der Waals surface area contributed by atoms with Gasteiger partial charge < -0.3 is 4.79 Å². The summed E-state index contributed by atoms with van der Waals surface area (Å²) in [4.78, 5) is 10.8. The predicted octanol–water partition coefficient (Wildman–Crippen LogP) is 2.39. The molecule has 0 saturated carbocycles. The summed E-state index contributed by atoms with van der Waals surface area (Å²) < 4.78 is 7.93. The second-order valence-corrected chi connectivity index (χ2v) is 2.84. The topological polar surface area (TPSA) is 17.1 Å². The monoisotopic (exact) mass is 159 g/mol. The van der Waals surface area contributed by atoms with Crippen molar-refractivity contribution in [3.05, 3.63) is 41.5 Å². The summed E-state index contributed by atoms with van der Waals surface area (Å²) >= 11 is 0. The van der Waals surface area contributed by atoms with Crippen molar-refractivity contribution in [1.82, 2.24) is 0 Å². The molecule has 0 spiro atoms. The molecule has 12 heavy (non-hydrogen) atoms. The fourth-order valence-electron chi connectivity index (χ4n) is 1.47. The van der Waals surface area contributed by atoms with Crippen LogP contribution >= 0.6 is 0 Å². The molecule has 0 aliphatic heterocycles. The Morgan fingerprint density at radius 3 is 3.17 bits per heavy atom. The molecule has 2 rings (SSSR count). The lowest BCUT2D eigenvalue weighted by atomic mass is 9.88. The van der Waals surface area contributed by atoms with Crippen LogP contribution in [0.5, 0.6) is 0 Å². The molecule has 60 valence electrons. The summed E-state index contributed by atoms with van der Waals surface area (Å²) in [5, 5.41) is 0. The van der Waals surface area contributed by atoms with Gasteiger partial charge in [-0.05, 0) is 17.5 Å². The van der Waals surface area contributed by atoms with Crippen molar-refractivity contribution in [2.24, 2.45) is 0 Å². The number of hydrogen-bond acceptors (Lipinski definition) is 1. The van der Waals surface area contributed by atoms with Crippen molar-refractivity contribution in [3.63, 3.8) is 0 Å². The molecule has 1 atom stereocenters. The molecular weight excluding hydrogens is 148 g/mol. The van der Waals surface area contributed by atoms with Gasteiger partial charge in [-0.1, -0.05) is 36.4 Å². The van der Waals surface area contributed by atoms with Crippen LogP contribution in [0.2, 0.25) is 0 Å². The number of carbonyl (C=O) groups excluding carboxylic acids is 1. The van der Waals surface area contributed by atoms with Crippen molar-refractivity contribution in [3.8, 4) is 0 Å². The molecule has 1 aromatic carbocycles. The second-order valence-electron chi connectivity index (χ2n) is 2.84. The zero-order valence-electron chi connectivity index (χ0n) is 7.66. The molecule has 0 fully saturated rings. The van der Waals surface area contributed by atoms with Gasteiger partial charge >= 0.3 is 0 Å². The van der Waals surface area contributed by atoms with E-state index in [9.17, 15) is 4.79 Å². The number of rotatable bonds is 1. The van der Waals surface area contributed by atoms with Gasteiger partial charge in [-0.3, -0.25) is 0 Å². The third-order valence-corrected chi connectivity index (χ3v) is 2.08. The van der Waals surface area contributed by atoms with Crippen LogP contribution in [-0.4, -0.2) is 6.29 Å². The summed E-state index contributed by atoms with van der Waals surface area (Å²) in [7, 11) is 0. The molecule has 1 aliphatic rings. The van der Waals surface area contributed by atoms with E-state index in [4.69, 9.17) is 1.37 Å². The highest BCUT2D eigenvalue weighted by Crippen LogP contribution is 2.27. The molecule has 0 amide bonds. The first kappa shape index (κ1) is 6.18. The van der Waals surface area contributed by atoms with Crippen LogP contribution in [0.4, 0.5) is 0 Å². The standard InChI is InChI=1S/C11H10O/c12-8-10-6-3-5-9-4-1-2-7-11(9)10/h1-5,7-8,10H,6H2/i10D. The molecule has 0 heterocycles. The summed E-state index contributed by atoms with van der Waals surface area (Å²) in [5.74, 6) is -1.06. The average Bonchev–Trinajstić information content (AvgIpc) is 2.19. The molecule has 0 bridgehead atoms. The minimum atomic E-state index is -1.06. The Morgan fingerprint density at radius 2 is 2.33 bits per heavy atom. The molecule has 0 N–H and O–H groups in total. The summed E-state index contributed by atoms with van der Waals surface area (Å²) in [6.07, 6.45) is 5.04. The highest BCUT2D eigenvalue weighted by molar-refractivity contribution is 5.70. The number of hydrogen-bond donors (Lipinski definition) is 0. The number of allylic oxidation sites excluding steroid dienone is 1. The molecule has 0 aromatic heterocycles. The Labute approximate surface area is 73.1 Å². The number of aldehydes is 1. The average molecular weight is 159 g/mol. The molecule has 1 heteroatoms. The van der Waals surface area contributed by atoms with Crippen molar-refractivity contribution in [1.29, 1.82) is 0 Å². The normalized spacial score (nSPS) is 27.5. The predicted molar refractivity (Wildman–Crippen MR) is 48.9 cm³/mol. The van der Waals surface area contributed by atoms with Gasteiger partial charge in [0.2, 0.25) is 0 Å². The van der Waals surface area contributed by atoms with Gasteiger partial charge in [-0.2, -0.15) is 0 Å². The molecule has 1 nitrogen and oxygen atoms in total. The number of fused-ring (bicyclic) bond motifs is 1. The number of benzene rings is 1. The fourth-order valence-corrected chi connectivity index (χ4v) is 1.47. The van der Waals surface area contributed by atoms with Gasteiger partial charge in [0.15, 0.2) is 0 Å². The zero-order chi connectivity index (χ0) is 9.31. The highest BCUT2D eigenvalue weighted by atomic mass is 16.1. The molecule has 1 aromatic rings. The zero-order valence-corrected chi connectivity index (χ0v) is 6.66. The van der Waals surface area contributed by atoms with Crippen molar-refractivity contribution in [2.75, 3.05) is 0 Å². The summed E-state index contributed by atoms with van der Waals surface area (Å²) in [6.45, 7) is 0. The summed E-state index contributed by atoms with van der Waals surface area (Å²) in [5.41, 5.74) is 1.79. The Kier molecular flexibility index (Phi) is 1.51. The Bertz CT molecular complexity index is 370. The van der Waals surface area contributed by atoms with Gasteiger partial charge in [0.25, 0.3) is 0 Å². The second kappa shape index (κ2) is 2.94. The first-order valence-electron chi connectivity index (χ1n) is 4.49. The highest BCUT2D eigenvalue weighted by Gasteiger charge is 2.14. The van der Waals surface area contributed by atoms with Gasteiger partial charge in [-0.25, -0.2) is 0 Å². The Balaban J connectivity index is 2.61. The van der Waals surface area contributed by atoms with Crippen molar-refractivity contribution >= 4 is 12.4 Å². The van der Waals surface area contributed by atoms with Crippen LogP contribution in [0.1, 0.15) is 24.8 Å². The SMILES string of the molecule is [2H]C1(C=O)CC=Cc2ccccc21. The van der Waals surface area contributed by atoms with Crippen molar-refractivity contribution < 1.29 is 6.17 Å². The largest absolute Gasteiger partial charge is 0.303 e. The van der Waals surface area contributed by atoms with Crippen LogP contribution in [0.25, 0.3) is 6.08 Å². The van der Waals surface area contributed by atoms with Crippen LogP contribution in [-0.2, 0) is 4.79 Å². The maximum Gasteiger partial charge on any atom is 0.127 e. The van der Waals surface area contributed by atoms with E-state index in [0.29, 0.717) is 6.42 Å². The van der Waals surface area contributed by atoms with Gasteiger partial charge in [0.05, 0.1) is 0 Å². The smallest absolute Gasteiger partial charge is 0.127 e. The van der Waals surface area contributed by atoms with E-state index in [2.05, 4.69) is 0 Å². The van der Waals surface area contributed by atoms with E-state index >= 15 is 0 Å². The molecule has 0 saturated heterocycles. The van der Waals surface area contributed by atoms with E-state index in [1.165, 1.54) is 0 Å². The molecule has 0 radical (unpaired) electrons. The van der Waals surface area contributed by atoms with Gasteiger partial charge in [0.1, 0.15) is 6.29 Å². The van der Waals surface area contributed by atoms with Gasteiger partial charge in [0, 0.05) is 7.26 Å². The van der Waals surface area contributed by atoms with Crippen LogP contribution in [0.3, 0.4) is 0 Å². The van der Waals surface area contributed by atoms with Crippen LogP contribution in [0.15, 0.2) is 30.3 Å². The quantitative estimate of drug-likeness (QED) is 0.575. The minimum Gasteiger partial charge on any atom is -0.303 e. The maximum absolute atomic E-state index is 10.8. The summed E-state index contributed by atoms with van der Waals surface area (Å²) in [6, 6.07) is 7.56. The van der Waals surface area contributed by atoms with Crippen LogP contribution in [0, 0.1) is 0 Å². The first-order valence-corrected chi connectivity index (χ1v) is 3.99. The third-order valence-electron chi connectivity index (χ3n) is 2.08.